The summed E-state index contributed by atoms with van der Waals surface area (Å²) in [5.74, 6) is 0.655. The average Bonchev–Trinajstić information content (AvgIpc) is 3.15. The number of anilines is 1. The average molecular weight is 376 g/mol. The molecule has 0 atom stereocenters. The third-order valence-electron chi connectivity index (χ3n) is 4.53. The molecule has 1 fully saturated rings. The van der Waals surface area contributed by atoms with Crippen LogP contribution in [0.1, 0.15) is 31.2 Å². The maximum atomic E-state index is 6.22. The van der Waals surface area contributed by atoms with E-state index in [9.17, 15) is 0 Å². The van der Waals surface area contributed by atoms with Crippen LogP contribution in [-0.2, 0) is 6.54 Å². The highest BCUT2D eigenvalue weighted by Gasteiger charge is 2.25. The number of aromatic nitrogens is 1. The molecule has 0 amide bonds. The topological polar surface area (TPSA) is 37.4 Å². The van der Waals surface area contributed by atoms with Gasteiger partial charge in [-0.1, -0.05) is 24.4 Å². The zero-order valence-electron chi connectivity index (χ0n) is 14.2. The van der Waals surface area contributed by atoms with E-state index in [1.807, 2.05) is 42.7 Å². The Morgan fingerprint density at radius 3 is 2.64 bits per heavy atom. The molecule has 6 heteroatoms. The summed E-state index contributed by atoms with van der Waals surface area (Å²) in [5, 5.41) is 4.63. The Hall–Kier alpha value is -1.85. The standard InChI is InChI=1S/C19H22ClN3OS/c1-24-18-7-6-15(12-17(18)20)22-19(25)23(16-4-2-3-5-16)13-14-8-10-21-11-9-14/h6-12,16H,2-5,13H2,1H3,(H,22,25). The second-order valence-electron chi connectivity index (χ2n) is 6.20. The first-order valence-electron chi connectivity index (χ1n) is 8.47. The number of rotatable bonds is 5. The Morgan fingerprint density at radius 1 is 1.28 bits per heavy atom. The van der Waals surface area contributed by atoms with Gasteiger partial charge in [0.1, 0.15) is 5.75 Å². The second-order valence-corrected chi connectivity index (χ2v) is 7.00. The van der Waals surface area contributed by atoms with Crippen molar-refractivity contribution >= 4 is 34.6 Å². The summed E-state index contributed by atoms with van der Waals surface area (Å²) in [6.45, 7) is 0.781. The van der Waals surface area contributed by atoms with Gasteiger partial charge in [0.15, 0.2) is 5.11 Å². The molecule has 1 aromatic carbocycles. The first-order chi connectivity index (χ1) is 12.2. The lowest BCUT2D eigenvalue weighted by Crippen LogP contribution is -2.40. The summed E-state index contributed by atoms with van der Waals surface area (Å²) in [6.07, 6.45) is 8.51. The second kappa shape index (κ2) is 8.50. The predicted molar refractivity (Wildman–Crippen MR) is 106 cm³/mol. The van der Waals surface area contributed by atoms with Crippen LogP contribution in [0.3, 0.4) is 0 Å². The maximum Gasteiger partial charge on any atom is 0.173 e. The van der Waals surface area contributed by atoms with Gasteiger partial charge in [-0.25, -0.2) is 0 Å². The molecule has 0 spiro atoms. The minimum atomic E-state index is 0.474. The van der Waals surface area contributed by atoms with E-state index in [1.165, 1.54) is 31.2 Å². The SMILES string of the molecule is COc1ccc(NC(=S)N(Cc2ccncc2)C2CCCC2)cc1Cl. The van der Waals surface area contributed by atoms with Gasteiger partial charge < -0.3 is 15.0 Å². The first kappa shape index (κ1) is 18.0. The lowest BCUT2D eigenvalue weighted by Gasteiger charge is -2.32. The molecule has 1 aliphatic rings. The number of pyridine rings is 1. The van der Waals surface area contributed by atoms with Crippen LogP contribution in [0.5, 0.6) is 5.75 Å². The van der Waals surface area contributed by atoms with Crippen molar-refractivity contribution in [1.29, 1.82) is 0 Å². The van der Waals surface area contributed by atoms with Gasteiger partial charge in [0.05, 0.1) is 12.1 Å². The van der Waals surface area contributed by atoms with Crippen molar-refractivity contribution in [2.75, 3.05) is 12.4 Å². The molecule has 0 aliphatic heterocycles. The summed E-state index contributed by atoms with van der Waals surface area (Å²) >= 11 is 11.9. The number of thiocarbonyl (C=S) groups is 1. The highest BCUT2D eigenvalue weighted by atomic mass is 35.5. The fraction of sp³-hybridized carbons (Fsp3) is 0.368. The molecule has 1 saturated carbocycles. The van der Waals surface area contributed by atoms with Crippen LogP contribution in [0.2, 0.25) is 5.02 Å². The van der Waals surface area contributed by atoms with Gasteiger partial charge in [0, 0.05) is 30.7 Å². The number of ether oxygens (including phenoxy) is 1. The molecule has 25 heavy (non-hydrogen) atoms. The molecule has 0 radical (unpaired) electrons. The fourth-order valence-corrected chi connectivity index (χ4v) is 3.80. The number of methoxy groups -OCH3 is 1. The molecule has 4 nitrogen and oxygen atoms in total. The number of benzene rings is 1. The molecular formula is C19H22ClN3OS. The highest BCUT2D eigenvalue weighted by Crippen LogP contribution is 2.29. The van der Waals surface area contributed by atoms with Crippen LogP contribution in [0.25, 0.3) is 0 Å². The van der Waals surface area contributed by atoms with E-state index in [-0.39, 0.29) is 0 Å². The molecule has 1 aromatic heterocycles. The molecule has 0 unspecified atom stereocenters. The van der Waals surface area contributed by atoms with Gasteiger partial charge in [-0.2, -0.15) is 0 Å². The lowest BCUT2D eigenvalue weighted by atomic mass is 10.2. The van der Waals surface area contributed by atoms with Crippen LogP contribution in [0.15, 0.2) is 42.7 Å². The Morgan fingerprint density at radius 2 is 2.00 bits per heavy atom. The van der Waals surface area contributed by atoms with Crippen molar-refractivity contribution in [3.8, 4) is 5.75 Å². The number of nitrogens with one attached hydrogen (secondary N) is 1. The Balaban J connectivity index is 1.75. The summed E-state index contributed by atoms with van der Waals surface area (Å²) in [7, 11) is 1.61. The van der Waals surface area contributed by atoms with Crippen molar-refractivity contribution in [2.45, 2.75) is 38.3 Å². The van der Waals surface area contributed by atoms with E-state index in [4.69, 9.17) is 28.6 Å². The summed E-state index contributed by atoms with van der Waals surface area (Å²) in [5.41, 5.74) is 2.08. The smallest absolute Gasteiger partial charge is 0.173 e. The van der Waals surface area contributed by atoms with Gasteiger partial charge in [-0.15, -0.1) is 0 Å². The molecule has 1 aliphatic carbocycles. The Bertz CT molecular complexity index is 720. The van der Waals surface area contributed by atoms with Gasteiger partial charge in [0.25, 0.3) is 0 Å². The molecular weight excluding hydrogens is 354 g/mol. The quantitative estimate of drug-likeness (QED) is 0.753. The van der Waals surface area contributed by atoms with Gasteiger partial charge in [0.2, 0.25) is 0 Å². The van der Waals surface area contributed by atoms with Crippen LogP contribution in [0, 0.1) is 0 Å². The van der Waals surface area contributed by atoms with E-state index >= 15 is 0 Å². The molecule has 132 valence electrons. The molecule has 1 heterocycles. The van der Waals surface area contributed by atoms with E-state index in [2.05, 4.69) is 15.2 Å². The number of hydrogen-bond acceptors (Lipinski definition) is 3. The predicted octanol–water partition coefficient (Wildman–Crippen LogP) is 4.89. The van der Waals surface area contributed by atoms with Crippen molar-refractivity contribution in [3.63, 3.8) is 0 Å². The maximum absolute atomic E-state index is 6.22. The minimum absolute atomic E-state index is 0.474. The summed E-state index contributed by atoms with van der Waals surface area (Å²) in [6, 6.07) is 10.2. The third-order valence-corrected chi connectivity index (χ3v) is 5.16. The molecule has 1 N–H and O–H groups in total. The van der Waals surface area contributed by atoms with Gasteiger partial charge >= 0.3 is 0 Å². The zero-order valence-corrected chi connectivity index (χ0v) is 15.8. The van der Waals surface area contributed by atoms with E-state index < -0.39 is 0 Å². The Labute approximate surface area is 159 Å². The van der Waals surface area contributed by atoms with E-state index in [1.54, 1.807) is 7.11 Å². The lowest BCUT2D eigenvalue weighted by molar-refractivity contribution is 0.312. The fourth-order valence-electron chi connectivity index (χ4n) is 3.21. The molecule has 2 aromatic rings. The van der Waals surface area contributed by atoms with Gasteiger partial charge in [-0.3, -0.25) is 4.98 Å². The number of halogens is 1. The van der Waals surface area contributed by atoms with Crippen LogP contribution >= 0.6 is 23.8 Å². The van der Waals surface area contributed by atoms with Crippen molar-refractivity contribution in [2.24, 2.45) is 0 Å². The van der Waals surface area contributed by atoms with Crippen LogP contribution in [-0.4, -0.2) is 28.1 Å². The van der Waals surface area contributed by atoms with E-state index in [0.29, 0.717) is 16.8 Å². The third kappa shape index (κ3) is 4.61. The van der Waals surface area contributed by atoms with Crippen LogP contribution < -0.4 is 10.1 Å². The number of hydrogen-bond donors (Lipinski definition) is 1. The van der Waals surface area contributed by atoms with Crippen molar-refractivity contribution < 1.29 is 4.74 Å². The normalized spacial score (nSPS) is 14.3. The first-order valence-corrected chi connectivity index (χ1v) is 9.26. The molecule has 0 bridgehead atoms. The summed E-state index contributed by atoms with van der Waals surface area (Å²) < 4.78 is 5.20. The number of nitrogens with zero attached hydrogens (tertiary/aromatic N) is 2. The highest BCUT2D eigenvalue weighted by molar-refractivity contribution is 7.80. The van der Waals surface area contributed by atoms with Crippen LogP contribution in [0.4, 0.5) is 5.69 Å². The molecule has 0 saturated heterocycles. The zero-order chi connectivity index (χ0) is 17.6. The molecule has 3 rings (SSSR count). The largest absolute Gasteiger partial charge is 0.495 e. The summed E-state index contributed by atoms with van der Waals surface area (Å²) in [4.78, 5) is 6.38. The van der Waals surface area contributed by atoms with Crippen molar-refractivity contribution in [3.05, 3.63) is 53.3 Å². The Kier molecular flexibility index (Phi) is 6.10. The van der Waals surface area contributed by atoms with Gasteiger partial charge in [-0.05, 0) is 61.0 Å². The minimum Gasteiger partial charge on any atom is -0.495 e. The monoisotopic (exact) mass is 375 g/mol. The van der Waals surface area contributed by atoms with Crippen molar-refractivity contribution in [1.82, 2.24) is 9.88 Å². The van der Waals surface area contributed by atoms with E-state index in [0.717, 1.165) is 17.3 Å².